The molecule has 1 aromatic heterocycles. The topological polar surface area (TPSA) is 42.1 Å². The van der Waals surface area contributed by atoms with Gasteiger partial charge in [0.25, 0.3) is 0 Å². The van der Waals surface area contributed by atoms with Crippen molar-refractivity contribution >= 4 is 0 Å². The van der Waals surface area contributed by atoms with Crippen LogP contribution in [-0.4, -0.2) is 30.0 Å². The van der Waals surface area contributed by atoms with Crippen molar-refractivity contribution in [2.24, 2.45) is 11.7 Å². The van der Waals surface area contributed by atoms with E-state index in [-0.39, 0.29) is 0 Å². The fourth-order valence-electron chi connectivity index (χ4n) is 2.16. The first kappa shape index (κ1) is 14.1. The average molecular weight is 235 g/mol. The number of hydrogen-bond acceptors (Lipinski definition) is 3. The standard InChI is InChI=1S/C14H25N3/c1-4-6-13(9-15)10-17(3)11-14-8-5-7-12(2)16-14/h5,7-8,13H,4,6,9-11,15H2,1-3H3. The van der Waals surface area contributed by atoms with Gasteiger partial charge >= 0.3 is 0 Å². The molecule has 3 heteroatoms. The molecule has 1 atom stereocenters. The summed E-state index contributed by atoms with van der Waals surface area (Å²) in [6.07, 6.45) is 2.42. The maximum Gasteiger partial charge on any atom is 0.0547 e. The van der Waals surface area contributed by atoms with Crippen LogP contribution in [0.25, 0.3) is 0 Å². The molecular formula is C14H25N3. The van der Waals surface area contributed by atoms with E-state index in [1.165, 1.54) is 12.8 Å². The molecule has 1 aromatic rings. The minimum atomic E-state index is 0.606. The highest BCUT2D eigenvalue weighted by atomic mass is 15.1. The normalized spacial score (nSPS) is 13.0. The third-order valence-electron chi connectivity index (χ3n) is 2.98. The van der Waals surface area contributed by atoms with Crippen LogP contribution in [0.4, 0.5) is 0 Å². The molecule has 0 amide bonds. The number of aryl methyl sites for hydroxylation is 1. The van der Waals surface area contributed by atoms with Crippen molar-refractivity contribution in [2.75, 3.05) is 20.1 Å². The minimum absolute atomic E-state index is 0.606. The largest absolute Gasteiger partial charge is 0.330 e. The molecule has 0 aliphatic carbocycles. The van der Waals surface area contributed by atoms with E-state index >= 15 is 0 Å². The van der Waals surface area contributed by atoms with Gasteiger partial charge in [0.15, 0.2) is 0 Å². The first-order valence-corrected chi connectivity index (χ1v) is 6.46. The highest BCUT2D eigenvalue weighted by molar-refractivity contribution is 5.09. The number of nitrogens with two attached hydrogens (primary N) is 1. The summed E-state index contributed by atoms with van der Waals surface area (Å²) in [5.74, 6) is 0.606. The highest BCUT2D eigenvalue weighted by Crippen LogP contribution is 2.08. The zero-order valence-corrected chi connectivity index (χ0v) is 11.3. The van der Waals surface area contributed by atoms with Crippen LogP contribution in [0, 0.1) is 12.8 Å². The number of hydrogen-bond donors (Lipinski definition) is 1. The number of nitrogens with zero attached hydrogens (tertiary/aromatic N) is 2. The fourth-order valence-corrected chi connectivity index (χ4v) is 2.16. The molecule has 0 bridgehead atoms. The Morgan fingerprint density at radius 3 is 2.76 bits per heavy atom. The van der Waals surface area contributed by atoms with Gasteiger partial charge in [-0.2, -0.15) is 0 Å². The Morgan fingerprint density at radius 2 is 2.18 bits per heavy atom. The van der Waals surface area contributed by atoms with Crippen LogP contribution in [0.3, 0.4) is 0 Å². The Kier molecular flexibility index (Phi) is 6.16. The Balaban J connectivity index is 2.45. The first-order chi connectivity index (χ1) is 8.15. The molecule has 0 spiro atoms. The second kappa shape index (κ2) is 7.41. The van der Waals surface area contributed by atoms with E-state index in [4.69, 9.17) is 5.73 Å². The number of aromatic nitrogens is 1. The van der Waals surface area contributed by atoms with Crippen LogP contribution < -0.4 is 5.73 Å². The lowest BCUT2D eigenvalue weighted by Crippen LogP contribution is -2.30. The molecule has 0 aromatic carbocycles. The van der Waals surface area contributed by atoms with Gasteiger partial charge in [0.05, 0.1) is 5.69 Å². The van der Waals surface area contributed by atoms with Gasteiger partial charge in [-0.05, 0) is 45.0 Å². The SMILES string of the molecule is CCCC(CN)CN(C)Cc1cccc(C)n1. The molecule has 3 nitrogen and oxygen atoms in total. The van der Waals surface area contributed by atoms with E-state index in [9.17, 15) is 0 Å². The van der Waals surface area contributed by atoms with Crippen molar-refractivity contribution in [3.8, 4) is 0 Å². The predicted octanol–water partition coefficient (Wildman–Crippen LogP) is 2.20. The summed E-state index contributed by atoms with van der Waals surface area (Å²) in [7, 11) is 2.14. The molecule has 0 aliphatic heterocycles. The van der Waals surface area contributed by atoms with Crippen LogP contribution in [0.15, 0.2) is 18.2 Å². The summed E-state index contributed by atoms with van der Waals surface area (Å²) >= 11 is 0. The van der Waals surface area contributed by atoms with Crippen LogP contribution >= 0.6 is 0 Å². The van der Waals surface area contributed by atoms with Crippen LogP contribution in [0.1, 0.15) is 31.2 Å². The van der Waals surface area contributed by atoms with Crippen LogP contribution in [0.2, 0.25) is 0 Å². The molecule has 0 aliphatic rings. The maximum absolute atomic E-state index is 5.78. The Hall–Kier alpha value is -0.930. The summed E-state index contributed by atoms with van der Waals surface area (Å²) in [5, 5.41) is 0. The lowest BCUT2D eigenvalue weighted by atomic mass is 10.0. The van der Waals surface area contributed by atoms with E-state index in [0.29, 0.717) is 5.92 Å². The van der Waals surface area contributed by atoms with E-state index in [1.54, 1.807) is 0 Å². The molecule has 0 radical (unpaired) electrons. The van der Waals surface area contributed by atoms with Crippen LogP contribution in [0.5, 0.6) is 0 Å². The van der Waals surface area contributed by atoms with Crippen molar-refractivity contribution in [2.45, 2.75) is 33.2 Å². The summed E-state index contributed by atoms with van der Waals surface area (Å²) in [6.45, 7) is 6.98. The van der Waals surface area contributed by atoms with Gasteiger partial charge in [0.1, 0.15) is 0 Å². The maximum atomic E-state index is 5.78. The second-order valence-corrected chi connectivity index (χ2v) is 4.86. The quantitative estimate of drug-likeness (QED) is 0.788. The van der Waals surface area contributed by atoms with E-state index in [1.807, 2.05) is 13.0 Å². The molecule has 0 saturated heterocycles. The van der Waals surface area contributed by atoms with E-state index in [2.05, 4.69) is 36.0 Å². The fraction of sp³-hybridized carbons (Fsp3) is 0.643. The van der Waals surface area contributed by atoms with Crippen molar-refractivity contribution in [1.82, 2.24) is 9.88 Å². The molecule has 0 saturated carbocycles. The number of rotatable bonds is 7. The third-order valence-corrected chi connectivity index (χ3v) is 2.98. The first-order valence-electron chi connectivity index (χ1n) is 6.46. The Labute approximate surface area is 105 Å². The summed E-state index contributed by atoms with van der Waals surface area (Å²) in [4.78, 5) is 6.83. The molecule has 1 rings (SSSR count). The number of pyridine rings is 1. The van der Waals surface area contributed by atoms with Crippen molar-refractivity contribution in [1.29, 1.82) is 0 Å². The second-order valence-electron chi connectivity index (χ2n) is 4.86. The zero-order valence-electron chi connectivity index (χ0n) is 11.3. The van der Waals surface area contributed by atoms with Gasteiger partial charge in [0, 0.05) is 18.8 Å². The lowest BCUT2D eigenvalue weighted by Gasteiger charge is -2.22. The van der Waals surface area contributed by atoms with Crippen molar-refractivity contribution in [3.05, 3.63) is 29.6 Å². The zero-order chi connectivity index (χ0) is 12.7. The van der Waals surface area contributed by atoms with Gasteiger partial charge in [-0.3, -0.25) is 4.98 Å². The van der Waals surface area contributed by atoms with Gasteiger partial charge in [0.2, 0.25) is 0 Å². The van der Waals surface area contributed by atoms with Crippen molar-refractivity contribution < 1.29 is 0 Å². The average Bonchev–Trinajstić information content (AvgIpc) is 2.28. The Bertz CT molecular complexity index is 325. The molecule has 1 unspecified atom stereocenters. The van der Waals surface area contributed by atoms with Gasteiger partial charge in [-0.15, -0.1) is 0 Å². The molecular weight excluding hydrogens is 210 g/mol. The van der Waals surface area contributed by atoms with Crippen molar-refractivity contribution in [3.63, 3.8) is 0 Å². The molecule has 2 N–H and O–H groups in total. The Morgan fingerprint density at radius 1 is 1.41 bits per heavy atom. The molecule has 0 fully saturated rings. The molecule has 17 heavy (non-hydrogen) atoms. The summed E-state index contributed by atoms with van der Waals surface area (Å²) in [6, 6.07) is 6.18. The lowest BCUT2D eigenvalue weighted by molar-refractivity contribution is 0.260. The van der Waals surface area contributed by atoms with Gasteiger partial charge < -0.3 is 10.6 Å². The van der Waals surface area contributed by atoms with E-state index in [0.717, 1.165) is 31.0 Å². The highest BCUT2D eigenvalue weighted by Gasteiger charge is 2.09. The van der Waals surface area contributed by atoms with Crippen LogP contribution in [-0.2, 0) is 6.54 Å². The summed E-state index contributed by atoms with van der Waals surface area (Å²) in [5.41, 5.74) is 8.00. The third kappa shape index (κ3) is 5.29. The molecule has 96 valence electrons. The van der Waals surface area contributed by atoms with Gasteiger partial charge in [-0.1, -0.05) is 19.4 Å². The smallest absolute Gasteiger partial charge is 0.0547 e. The summed E-state index contributed by atoms with van der Waals surface area (Å²) < 4.78 is 0. The van der Waals surface area contributed by atoms with Gasteiger partial charge in [-0.25, -0.2) is 0 Å². The monoisotopic (exact) mass is 235 g/mol. The van der Waals surface area contributed by atoms with E-state index < -0.39 is 0 Å². The molecule has 1 heterocycles. The predicted molar refractivity (Wildman–Crippen MR) is 72.8 cm³/mol. The minimum Gasteiger partial charge on any atom is -0.330 e.